The first-order valence-electron chi connectivity index (χ1n) is 5.95. The predicted octanol–water partition coefficient (Wildman–Crippen LogP) is 1.53. The lowest BCUT2D eigenvalue weighted by Gasteiger charge is -2.11. The molecule has 0 fully saturated rings. The third-order valence-electron chi connectivity index (χ3n) is 2.62. The van der Waals surface area contributed by atoms with Gasteiger partial charge in [-0.05, 0) is 26.8 Å². The number of nitrogens with one attached hydrogen (secondary N) is 2. The molecule has 2 aromatic rings. The number of aryl methyl sites for hydroxylation is 3. The molecule has 0 spiro atoms. The zero-order chi connectivity index (χ0) is 14.9. The number of hydrogen-bond donors (Lipinski definition) is 3. The molecule has 104 valence electrons. The second-order valence-corrected chi connectivity index (χ2v) is 5.46. The van der Waals surface area contributed by atoms with Crippen molar-refractivity contribution in [1.29, 1.82) is 5.41 Å². The Hall–Kier alpha value is -2.15. The van der Waals surface area contributed by atoms with Gasteiger partial charge in [-0.2, -0.15) is 0 Å². The number of hydrogen-bond acceptors (Lipinski definition) is 5. The largest absolute Gasteiger partial charge is 0.384 e. The van der Waals surface area contributed by atoms with Crippen LogP contribution in [0.1, 0.15) is 22.6 Å². The topological polar surface area (TPSA) is 109 Å². The van der Waals surface area contributed by atoms with Crippen LogP contribution in [0.3, 0.4) is 0 Å². The van der Waals surface area contributed by atoms with Gasteiger partial charge < -0.3 is 10.7 Å². The maximum Gasteiger partial charge on any atom is 0.251 e. The molecule has 2 aromatic heterocycles. The van der Waals surface area contributed by atoms with Crippen LogP contribution >= 0.6 is 11.8 Å². The first-order valence-corrected chi connectivity index (χ1v) is 6.77. The summed E-state index contributed by atoms with van der Waals surface area (Å²) in [5.41, 5.74) is 8.14. The smallest absolute Gasteiger partial charge is 0.251 e. The Morgan fingerprint density at radius 3 is 2.50 bits per heavy atom. The number of rotatable bonds is 3. The maximum atomic E-state index is 11.5. The van der Waals surface area contributed by atoms with E-state index in [9.17, 15) is 4.79 Å². The highest BCUT2D eigenvalue weighted by Gasteiger charge is 2.13. The van der Waals surface area contributed by atoms with Gasteiger partial charge in [-0.15, -0.1) is 0 Å². The Labute approximate surface area is 120 Å². The second kappa shape index (κ2) is 5.46. The van der Waals surface area contributed by atoms with E-state index in [0.717, 1.165) is 10.6 Å². The first kappa shape index (κ1) is 14.3. The molecule has 0 saturated heterocycles. The van der Waals surface area contributed by atoms with E-state index in [2.05, 4.69) is 15.0 Å². The molecule has 2 rings (SSSR count). The van der Waals surface area contributed by atoms with Gasteiger partial charge in [0.15, 0.2) is 5.16 Å². The minimum atomic E-state index is -0.202. The second-order valence-electron chi connectivity index (χ2n) is 4.43. The molecule has 20 heavy (non-hydrogen) atoms. The Morgan fingerprint density at radius 1 is 1.25 bits per heavy atom. The molecule has 0 saturated carbocycles. The van der Waals surface area contributed by atoms with Gasteiger partial charge in [0.05, 0.1) is 5.56 Å². The van der Waals surface area contributed by atoms with Crippen molar-refractivity contribution in [2.24, 2.45) is 5.73 Å². The zero-order valence-electron chi connectivity index (χ0n) is 11.4. The molecule has 0 aliphatic carbocycles. The van der Waals surface area contributed by atoms with Gasteiger partial charge in [0, 0.05) is 28.0 Å². The van der Waals surface area contributed by atoms with Crippen LogP contribution in [0.2, 0.25) is 0 Å². The number of nitrogen functional groups attached to an aromatic ring is 1. The first-order chi connectivity index (χ1) is 9.36. The number of pyridine rings is 1. The van der Waals surface area contributed by atoms with Gasteiger partial charge >= 0.3 is 0 Å². The SMILES string of the molecule is Cc1cc(=O)[nH]c(Sc2cc(C)nc(C)c2C(=N)N)n1. The van der Waals surface area contributed by atoms with Crippen LogP contribution < -0.4 is 11.3 Å². The predicted molar refractivity (Wildman–Crippen MR) is 78.4 cm³/mol. The maximum absolute atomic E-state index is 11.5. The number of H-pyrrole nitrogens is 1. The van der Waals surface area contributed by atoms with Crippen molar-refractivity contribution < 1.29 is 0 Å². The summed E-state index contributed by atoms with van der Waals surface area (Å²) in [5, 5.41) is 8.14. The van der Waals surface area contributed by atoms with Gasteiger partial charge in [-0.3, -0.25) is 15.2 Å². The summed E-state index contributed by atoms with van der Waals surface area (Å²) in [6, 6.07) is 3.26. The molecule has 0 amide bonds. The number of nitrogens with two attached hydrogens (primary N) is 1. The van der Waals surface area contributed by atoms with Crippen LogP contribution in [-0.4, -0.2) is 20.8 Å². The average Bonchev–Trinajstić information content (AvgIpc) is 2.25. The Bertz CT molecular complexity index is 738. The standard InChI is InChI=1S/C13H15N5OS/c1-6-4-9(11(12(14)15)8(3)16-6)20-13-17-7(2)5-10(19)18-13/h4-5H,1-3H3,(H3,14,15)(H,17,18,19). The lowest BCUT2D eigenvalue weighted by Crippen LogP contribution is -2.16. The third kappa shape index (κ3) is 3.05. The van der Waals surface area contributed by atoms with E-state index in [1.165, 1.54) is 17.8 Å². The zero-order valence-corrected chi connectivity index (χ0v) is 12.3. The summed E-state index contributed by atoms with van der Waals surface area (Å²) in [6.07, 6.45) is 0. The molecule has 0 aliphatic rings. The Kier molecular flexibility index (Phi) is 3.89. The molecule has 0 radical (unpaired) electrons. The van der Waals surface area contributed by atoms with Crippen LogP contribution in [0.15, 0.2) is 27.0 Å². The highest BCUT2D eigenvalue weighted by Crippen LogP contribution is 2.29. The summed E-state index contributed by atoms with van der Waals surface area (Å²) in [6.45, 7) is 5.43. The minimum Gasteiger partial charge on any atom is -0.384 e. The normalized spacial score (nSPS) is 10.6. The van der Waals surface area contributed by atoms with Crippen LogP contribution in [0.25, 0.3) is 0 Å². The summed E-state index contributed by atoms with van der Waals surface area (Å²) < 4.78 is 0. The molecule has 6 nitrogen and oxygen atoms in total. The van der Waals surface area contributed by atoms with Crippen molar-refractivity contribution in [2.45, 2.75) is 30.8 Å². The lowest BCUT2D eigenvalue weighted by atomic mass is 10.1. The van der Waals surface area contributed by atoms with E-state index >= 15 is 0 Å². The van der Waals surface area contributed by atoms with E-state index in [1.807, 2.05) is 13.0 Å². The van der Waals surface area contributed by atoms with Crippen molar-refractivity contribution in [2.75, 3.05) is 0 Å². The van der Waals surface area contributed by atoms with Gasteiger partial charge in [0.2, 0.25) is 0 Å². The number of aromatic amines is 1. The molecular weight excluding hydrogens is 274 g/mol. The van der Waals surface area contributed by atoms with E-state index in [1.54, 1.807) is 13.8 Å². The van der Waals surface area contributed by atoms with Crippen LogP contribution in [0.5, 0.6) is 0 Å². The van der Waals surface area contributed by atoms with Crippen molar-refractivity contribution in [3.63, 3.8) is 0 Å². The summed E-state index contributed by atoms with van der Waals surface area (Å²) >= 11 is 1.27. The number of amidine groups is 1. The molecule has 0 unspecified atom stereocenters. The molecule has 4 N–H and O–H groups in total. The third-order valence-corrected chi connectivity index (χ3v) is 3.54. The Balaban J connectivity index is 2.52. The van der Waals surface area contributed by atoms with Gasteiger partial charge in [0.25, 0.3) is 5.56 Å². The van der Waals surface area contributed by atoms with Crippen molar-refractivity contribution in [3.8, 4) is 0 Å². The molecular formula is C13H15N5OS. The highest BCUT2D eigenvalue weighted by atomic mass is 32.2. The van der Waals surface area contributed by atoms with E-state index < -0.39 is 0 Å². The van der Waals surface area contributed by atoms with Crippen LogP contribution in [-0.2, 0) is 0 Å². The van der Waals surface area contributed by atoms with E-state index in [-0.39, 0.29) is 11.4 Å². The molecule has 2 heterocycles. The van der Waals surface area contributed by atoms with E-state index in [4.69, 9.17) is 11.1 Å². The monoisotopic (exact) mass is 289 g/mol. The fourth-order valence-electron chi connectivity index (χ4n) is 1.91. The van der Waals surface area contributed by atoms with Gasteiger partial charge in [-0.25, -0.2) is 4.98 Å². The van der Waals surface area contributed by atoms with Gasteiger partial charge in [-0.1, -0.05) is 11.8 Å². The molecule has 0 atom stereocenters. The summed E-state index contributed by atoms with van der Waals surface area (Å²) in [4.78, 5) is 23.5. The minimum absolute atomic E-state index is 0.0486. The quantitative estimate of drug-likeness (QED) is 0.451. The van der Waals surface area contributed by atoms with Gasteiger partial charge in [0.1, 0.15) is 5.84 Å². The lowest BCUT2D eigenvalue weighted by molar-refractivity contribution is 0.904. The fraction of sp³-hybridized carbons (Fsp3) is 0.231. The van der Waals surface area contributed by atoms with Crippen LogP contribution in [0, 0.1) is 26.2 Å². The average molecular weight is 289 g/mol. The van der Waals surface area contributed by atoms with Crippen molar-refractivity contribution >= 4 is 17.6 Å². The highest BCUT2D eigenvalue weighted by molar-refractivity contribution is 7.99. The summed E-state index contributed by atoms with van der Waals surface area (Å²) in [5.74, 6) is -0.0486. The fourth-order valence-corrected chi connectivity index (χ4v) is 3.04. The Morgan fingerprint density at radius 2 is 1.90 bits per heavy atom. The van der Waals surface area contributed by atoms with Crippen molar-refractivity contribution in [1.82, 2.24) is 15.0 Å². The van der Waals surface area contributed by atoms with E-state index in [0.29, 0.717) is 22.1 Å². The molecule has 7 heteroatoms. The number of aromatic nitrogens is 3. The van der Waals surface area contributed by atoms with Crippen LogP contribution in [0.4, 0.5) is 0 Å². The van der Waals surface area contributed by atoms with Crippen molar-refractivity contribution in [3.05, 3.63) is 45.1 Å². The molecule has 0 aliphatic heterocycles. The molecule has 0 aromatic carbocycles. The molecule has 0 bridgehead atoms. The summed E-state index contributed by atoms with van der Waals surface area (Å²) in [7, 11) is 0. The number of nitrogens with zero attached hydrogens (tertiary/aromatic N) is 2.